The Morgan fingerprint density at radius 1 is 1.27 bits per heavy atom. The van der Waals surface area contributed by atoms with Crippen LogP contribution in [0.25, 0.3) is 10.9 Å². The molecule has 0 saturated carbocycles. The molecule has 1 unspecified atom stereocenters. The first kappa shape index (κ1) is 8.98. The molecular formula is C13H15N2. The second-order valence-electron chi connectivity index (χ2n) is 4.26. The number of aromatic amines is 1. The molecule has 1 aromatic carbocycles. The van der Waals surface area contributed by atoms with Crippen molar-refractivity contribution in [2.45, 2.75) is 18.8 Å². The van der Waals surface area contributed by atoms with Gasteiger partial charge >= 0.3 is 0 Å². The van der Waals surface area contributed by atoms with E-state index in [-0.39, 0.29) is 0 Å². The van der Waals surface area contributed by atoms with Crippen molar-refractivity contribution in [2.75, 3.05) is 13.1 Å². The summed E-state index contributed by atoms with van der Waals surface area (Å²) in [5.74, 6) is 0.634. The van der Waals surface area contributed by atoms with Gasteiger partial charge in [0, 0.05) is 36.1 Å². The highest BCUT2D eigenvalue weighted by Gasteiger charge is 2.18. The molecule has 0 spiro atoms. The summed E-state index contributed by atoms with van der Waals surface area (Å²) in [6.45, 7) is 2.06. The topological polar surface area (TPSA) is 29.9 Å². The first-order valence-electron chi connectivity index (χ1n) is 5.64. The van der Waals surface area contributed by atoms with Gasteiger partial charge in [0.15, 0.2) is 0 Å². The number of fused-ring (bicyclic) bond motifs is 1. The average Bonchev–Trinajstić information content (AvgIpc) is 2.74. The number of para-hydroxylation sites is 1. The van der Waals surface area contributed by atoms with E-state index in [1.807, 2.05) is 0 Å². The molecule has 0 aliphatic carbocycles. The largest absolute Gasteiger partial charge is 0.361 e. The van der Waals surface area contributed by atoms with Gasteiger partial charge in [-0.05, 0) is 24.5 Å². The van der Waals surface area contributed by atoms with Gasteiger partial charge in [0.2, 0.25) is 0 Å². The quantitative estimate of drug-likeness (QED) is 0.732. The summed E-state index contributed by atoms with van der Waals surface area (Å²) in [5.41, 5.74) is 2.70. The van der Waals surface area contributed by atoms with Crippen LogP contribution in [-0.2, 0) is 0 Å². The monoisotopic (exact) mass is 199 g/mol. The fourth-order valence-corrected chi connectivity index (χ4v) is 2.47. The molecule has 1 fully saturated rings. The third-order valence-corrected chi connectivity index (χ3v) is 3.28. The van der Waals surface area contributed by atoms with E-state index in [0.29, 0.717) is 5.92 Å². The predicted molar refractivity (Wildman–Crippen MR) is 62.1 cm³/mol. The van der Waals surface area contributed by atoms with Crippen LogP contribution in [0.5, 0.6) is 0 Å². The van der Waals surface area contributed by atoms with Crippen LogP contribution in [0, 0.1) is 0 Å². The Bertz CT molecular complexity index is 452. The van der Waals surface area contributed by atoms with E-state index >= 15 is 0 Å². The van der Waals surface area contributed by atoms with Crippen LogP contribution < -0.4 is 5.32 Å². The second-order valence-corrected chi connectivity index (χ2v) is 4.26. The maximum absolute atomic E-state index is 4.51. The second kappa shape index (κ2) is 3.70. The van der Waals surface area contributed by atoms with E-state index in [0.717, 1.165) is 13.1 Å². The van der Waals surface area contributed by atoms with E-state index in [4.69, 9.17) is 0 Å². The van der Waals surface area contributed by atoms with Gasteiger partial charge in [-0.25, -0.2) is 5.32 Å². The maximum atomic E-state index is 4.51. The minimum absolute atomic E-state index is 0.634. The van der Waals surface area contributed by atoms with E-state index in [1.165, 1.54) is 29.3 Å². The first-order valence-corrected chi connectivity index (χ1v) is 5.64. The Hall–Kier alpha value is -1.28. The number of piperidine rings is 1. The third-order valence-electron chi connectivity index (χ3n) is 3.28. The Labute approximate surface area is 89.7 Å². The van der Waals surface area contributed by atoms with Crippen LogP contribution in [0.15, 0.2) is 30.5 Å². The zero-order chi connectivity index (χ0) is 10.1. The van der Waals surface area contributed by atoms with Crippen LogP contribution in [0.3, 0.4) is 0 Å². The molecule has 1 aromatic heterocycles. The van der Waals surface area contributed by atoms with Gasteiger partial charge in [-0.2, -0.15) is 0 Å². The number of hydrogen-bond donors (Lipinski definition) is 1. The highest BCUT2D eigenvalue weighted by Crippen LogP contribution is 2.29. The minimum atomic E-state index is 0.634. The SMILES string of the molecule is c1ccc2c(C3CCC[N]C3)c[nH]c2c1. The van der Waals surface area contributed by atoms with Crippen LogP contribution in [0.2, 0.25) is 0 Å². The van der Waals surface area contributed by atoms with Gasteiger partial charge in [0.1, 0.15) is 0 Å². The standard InChI is InChI=1S/C13H15N2/c1-2-6-13-11(5-1)12(9-15-13)10-4-3-7-14-8-10/h1-2,5-6,9-10,15H,3-4,7-8H2. The summed E-state index contributed by atoms with van der Waals surface area (Å²) >= 11 is 0. The molecule has 1 N–H and O–H groups in total. The molecule has 2 nitrogen and oxygen atoms in total. The first-order chi connectivity index (χ1) is 7.45. The van der Waals surface area contributed by atoms with Crippen molar-refractivity contribution in [1.82, 2.24) is 10.3 Å². The molecule has 1 aliphatic heterocycles. The van der Waals surface area contributed by atoms with Crippen LogP contribution >= 0.6 is 0 Å². The number of nitrogens with zero attached hydrogens (tertiary/aromatic N) is 1. The Morgan fingerprint density at radius 2 is 2.20 bits per heavy atom. The summed E-state index contributed by atoms with van der Waals surface area (Å²) in [5, 5.41) is 5.88. The molecule has 2 aromatic rings. The number of rotatable bonds is 1. The molecule has 3 rings (SSSR count). The van der Waals surface area contributed by atoms with E-state index in [9.17, 15) is 0 Å². The fourth-order valence-electron chi connectivity index (χ4n) is 2.47. The number of H-pyrrole nitrogens is 1. The molecule has 2 heteroatoms. The molecule has 0 amide bonds. The summed E-state index contributed by atoms with van der Waals surface area (Å²) in [6, 6.07) is 8.53. The Balaban J connectivity index is 2.02. The lowest BCUT2D eigenvalue weighted by Gasteiger charge is -2.20. The summed E-state index contributed by atoms with van der Waals surface area (Å²) < 4.78 is 0. The number of benzene rings is 1. The highest BCUT2D eigenvalue weighted by atomic mass is 14.9. The normalized spacial score (nSPS) is 22.0. The summed E-state index contributed by atoms with van der Waals surface area (Å²) in [6.07, 6.45) is 4.69. The lowest BCUT2D eigenvalue weighted by Crippen LogP contribution is -2.22. The van der Waals surface area contributed by atoms with Crippen LogP contribution in [0.1, 0.15) is 24.3 Å². The van der Waals surface area contributed by atoms with Gasteiger partial charge < -0.3 is 4.98 Å². The lowest BCUT2D eigenvalue weighted by molar-refractivity contribution is 0.456. The molecule has 1 radical (unpaired) electrons. The molecule has 1 atom stereocenters. The molecular weight excluding hydrogens is 184 g/mol. The van der Waals surface area contributed by atoms with Gasteiger partial charge in [0.25, 0.3) is 0 Å². The summed E-state index contributed by atoms with van der Waals surface area (Å²) in [4.78, 5) is 3.34. The van der Waals surface area contributed by atoms with Crippen molar-refractivity contribution in [3.05, 3.63) is 36.0 Å². The van der Waals surface area contributed by atoms with E-state index in [2.05, 4.69) is 40.8 Å². The van der Waals surface area contributed by atoms with Crippen molar-refractivity contribution in [1.29, 1.82) is 0 Å². The van der Waals surface area contributed by atoms with Crippen LogP contribution in [-0.4, -0.2) is 18.1 Å². The smallest absolute Gasteiger partial charge is 0.0456 e. The average molecular weight is 199 g/mol. The van der Waals surface area contributed by atoms with Gasteiger partial charge in [-0.1, -0.05) is 18.2 Å². The van der Waals surface area contributed by atoms with Crippen molar-refractivity contribution in [3.63, 3.8) is 0 Å². The minimum Gasteiger partial charge on any atom is -0.361 e. The maximum Gasteiger partial charge on any atom is 0.0456 e. The van der Waals surface area contributed by atoms with Gasteiger partial charge in [0.05, 0.1) is 0 Å². The molecule has 77 valence electrons. The molecule has 2 heterocycles. The molecule has 0 bridgehead atoms. The Morgan fingerprint density at radius 3 is 3.07 bits per heavy atom. The zero-order valence-corrected chi connectivity index (χ0v) is 8.74. The lowest BCUT2D eigenvalue weighted by atomic mass is 9.91. The highest BCUT2D eigenvalue weighted by molar-refractivity contribution is 5.83. The van der Waals surface area contributed by atoms with E-state index in [1.54, 1.807) is 0 Å². The summed E-state index contributed by atoms with van der Waals surface area (Å²) in [7, 11) is 0. The van der Waals surface area contributed by atoms with Crippen LogP contribution in [0.4, 0.5) is 0 Å². The number of hydrogen-bond acceptors (Lipinski definition) is 0. The van der Waals surface area contributed by atoms with Gasteiger partial charge in [-0.3, -0.25) is 0 Å². The van der Waals surface area contributed by atoms with Crippen molar-refractivity contribution >= 4 is 10.9 Å². The van der Waals surface area contributed by atoms with Crippen molar-refractivity contribution in [3.8, 4) is 0 Å². The fraction of sp³-hybridized carbons (Fsp3) is 0.385. The third kappa shape index (κ3) is 1.55. The van der Waals surface area contributed by atoms with Crippen molar-refractivity contribution < 1.29 is 0 Å². The number of nitrogens with one attached hydrogen (secondary N) is 1. The number of aromatic nitrogens is 1. The van der Waals surface area contributed by atoms with Crippen molar-refractivity contribution in [2.24, 2.45) is 0 Å². The molecule has 1 aliphatic rings. The zero-order valence-electron chi connectivity index (χ0n) is 8.74. The van der Waals surface area contributed by atoms with E-state index < -0.39 is 0 Å². The van der Waals surface area contributed by atoms with Gasteiger partial charge in [-0.15, -0.1) is 0 Å². The molecule has 1 saturated heterocycles. The predicted octanol–water partition coefficient (Wildman–Crippen LogP) is 2.65. The molecule has 15 heavy (non-hydrogen) atoms. The Kier molecular flexibility index (Phi) is 2.22.